The first-order valence-corrected chi connectivity index (χ1v) is 7.22. The Balaban J connectivity index is 1.98. The Morgan fingerprint density at radius 3 is 2.67 bits per heavy atom. The van der Waals surface area contributed by atoms with E-state index in [1.165, 1.54) is 38.3 Å². The monoisotopic (exact) mass is 292 g/mol. The molecule has 0 bridgehead atoms. The zero-order valence-corrected chi connectivity index (χ0v) is 12.2. The van der Waals surface area contributed by atoms with Crippen molar-refractivity contribution >= 4 is 11.5 Å². The van der Waals surface area contributed by atoms with Crippen molar-refractivity contribution in [1.82, 2.24) is 4.90 Å². The molecular weight excluding hydrogens is 272 g/mol. The number of ether oxygens (including phenoxy) is 1. The number of hydrogen-bond acceptors (Lipinski definition) is 5. The smallest absolute Gasteiger partial charge is 0.311 e. The lowest BCUT2D eigenvalue weighted by atomic mass is 10.1. The van der Waals surface area contributed by atoms with Crippen LogP contribution in [0.5, 0.6) is 5.75 Å². The van der Waals surface area contributed by atoms with Crippen LogP contribution in [0.2, 0.25) is 0 Å². The van der Waals surface area contributed by atoms with Crippen molar-refractivity contribution in [2.75, 3.05) is 26.2 Å². The lowest BCUT2D eigenvalue weighted by Gasteiger charge is -2.26. The van der Waals surface area contributed by atoms with E-state index < -0.39 is 4.92 Å². The molecule has 21 heavy (non-hydrogen) atoms. The van der Waals surface area contributed by atoms with Gasteiger partial charge in [0.05, 0.1) is 4.92 Å². The van der Waals surface area contributed by atoms with E-state index in [0.29, 0.717) is 12.2 Å². The minimum absolute atomic E-state index is 0.152. The molecule has 0 aliphatic carbocycles. The van der Waals surface area contributed by atoms with Gasteiger partial charge in [-0.2, -0.15) is 0 Å². The largest absolute Gasteiger partial charge is 0.485 e. The van der Waals surface area contributed by atoms with Gasteiger partial charge in [0.1, 0.15) is 6.61 Å². The highest BCUT2D eigenvalue weighted by Crippen LogP contribution is 2.28. The Morgan fingerprint density at radius 1 is 1.33 bits per heavy atom. The number of hydrogen-bond donors (Lipinski definition) is 0. The molecule has 0 atom stereocenters. The maximum atomic E-state index is 11.3. The van der Waals surface area contributed by atoms with Gasteiger partial charge in [-0.15, -0.1) is 0 Å². The van der Waals surface area contributed by atoms with E-state index in [9.17, 15) is 14.9 Å². The van der Waals surface area contributed by atoms with Gasteiger partial charge in [-0.3, -0.25) is 19.8 Å². The number of likely N-dealkylation sites (tertiary alicyclic amines) is 1. The minimum Gasteiger partial charge on any atom is -0.485 e. The van der Waals surface area contributed by atoms with Crippen LogP contribution in [0.15, 0.2) is 18.2 Å². The number of carbonyl (C=O) groups is 1. The number of nitrogens with zero attached hydrogens (tertiary/aromatic N) is 2. The van der Waals surface area contributed by atoms with Crippen molar-refractivity contribution in [2.45, 2.75) is 26.2 Å². The molecular formula is C15H20N2O4. The molecule has 1 aromatic carbocycles. The first-order valence-electron chi connectivity index (χ1n) is 7.22. The molecule has 0 aromatic heterocycles. The molecule has 1 heterocycles. The first-order chi connectivity index (χ1) is 10.1. The Kier molecular flexibility index (Phi) is 5.27. The molecule has 6 heteroatoms. The zero-order valence-electron chi connectivity index (χ0n) is 12.2. The third-order valence-corrected chi connectivity index (χ3v) is 3.68. The number of benzene rings is 1. The second kappa shape index (κ2) is 7.17. The summed E-state index contributed by atoms with van der Waals surface area (Å²) in [5.74, 6) is 0.0278. The van der Waals surface area contributed by atoms with E-state index >= 15 is 0 Å². The summed E-state index contributed by atoms with van der Waals surface area (Å²) >= 11 is 0. The van der Waals surface area contributed by atoms with Gasteiger partial charge in [0.15, 0.2) is 11.5 Å². The van der Waals surface area contributed by atoms with Crippen LogP contribution in [-0.2, 0) is 0 Å². The number of nitro groups is 1. The van der Waals surface area contributed by atoms with Gasteiger partial charge in [-0.25, -0.2) is 0 Å². The maximum absolute atomic E-state index is 11.3. The van der Waals surface area contributed by atoms with Crippen molar-refractivity contribution in [2.24, 2.45) is 0 Å². The van der Waals surface area contributed by atoms with Gasteiger partial charge < -0.3 is 4.74 Å². The average molecular weight is 292 g/mol. The van der Waals surface area contributed by atoms with E-state index in [0.717, 1.165) is 19.6 Å². The number of nitro benzene ring substituents is 1. The summed E-state index contributed by atoms with van der Waals surface area (Å²) in [5.41, 5.74) is 0.173. The second-order valence-electron chi connectivity index (χ2n) is 5.25. The molecule has 2 rings (SSSR count). The average Bonchev–Trinajstić information content (AvgIpc) is 2.48. The quantitative estimate of drug-likeness (QED) is 0.458. The van der Waals surface area contributed by atoms with Crippen LogP contribution in [0.3, 0.4) is 0 Å². The highest BCUT2D eigenvalue weighted by Gasteiger charge is 2.18. The number of Topliss-reactive ketones (excluding diaryl/α,β-unsaturated/α-hetero) is 1. The van der Waals surface area contributed by atoms with Crippen LogP contribution >= 0.6 is 0 Å². The number of ketones is 1. The molecule has 114 valence electrons. The molecule has 1 aliphatic rings. The first kappa shape index (κ1) is 15.4. The van der Waals surface area contributed by atoms with Crippen molar-refractivity contribution in [3.63, 3.8) is 0 Å². The van der Waals surface area contributed by atoms with E-state index in [1.807, 2.05) is 0 Å². The van der Waals surface area contributed by atoms with Gasteiger partial charge >= 0.3 is 5.69 Å². The van der Waals surface area contributed by atoms with Crippen LogP contribution in [0.1, 0.15) is 36.5 Å². The zero-order chi connectivity index (χ0) is 15.2. The summed E-state index contributed by atoms with van der Waals surface area (Å²) in [6.45, 7) is 4.70. The Bertz CT molecular complexity index is 524. The van der Waals surface area contributed by atoms with Crippen molar-refractivity contribution in [3.8, 4) is 5.75 Å². The number of rotatable bonds is 6. The highest BCUT2D eigenvalue weighted by atomic mass is 16.6. The minimum atomic E-state index is -0.511. The Labute approximate surface area is 123 Å². The molecule has 1 fully saturated rings. The molecule has 0 unspecified atom stereocenters. The van der Waals surface area contributed by atoms with Gasteiger partial charge in [0.25, 0.3) is 0 Å². The Morgan fingerprint density at radius 2 is 2.05 bits per heavy atom. The predicted molar refractivity (Wildman–Crippen MR) is 78.9 cm³/mol. The summed E-state index contributed by atoms with van der Waals surface area (Å²) in [6.07, 6.45) is 3.68. The summed E-state index contributed by atoms with van der Waals surface area (Å²) in [5, 5.41) is 11.1. The van der Waals surface area contributed by atoms with Gasteiger partial charge in [-0.05, 0) is 45.0 Å². The number of carbonyl (C=O) groups excluding carboxylic acids is 1. The molecule has 6 nitrogen and oxygen atoms in total. The van der Waals surface area contributed by atoms with E-state index in [4.69, 9.17) is 4.74 Å². The van der Waals surface area contributed by atoms with Crippen LogP contribution < -0.4 is 4.74 Å². The van der Waals surface area contributed by atoms with E-state index in [1.54, 1.807) is 6.07 Å². The standard InChI is InChI=1S/C15H20N2O4/c1-12(18)13-5-6-15(14(11-13)17(19)20)21-10-9-16-7-3-2-4-8-16/h5-6,11H,2-4,7-10H2,1H3. The highest BCUT2D eigenvalue weighted by molar-refractivity contribution is 5.95. The fourth-order valence-electron chi connectivity index (χ4n) is 2.47. The molecule has 0 spiro atoms. The maximum Gasteiger partial charge on any atom is 0.311 e. The Hall–Kier alpha value is -1.95. The normalized spacial score (nSPS) is 15.7. The molecule has 0 amide bonds. The fourth-order valence-corrected chi connectivity index (χ4v) is 2.47. The van der Waals surface area contributed by atoms with Crippen LogP contribution in [0, 0.1) is 10.1 Å². The van der Waals surface area contributed by atoms with Gasteiger partial charge in [0.2, 0.25) is 0 Å². The summed E-state index contributed by atoms with van der Waals surface area (Å²) in [6, 6.07) is 4.34. The van der Waals surface area contributed by atoms with Crippen LogP contribution in [0.25, 0.3) is 0 Å². The summed E-state index contributed by atoms with van der Waals surface area (Å²) < 4.78 is 5.54. The lowest BCUT2D eigenvalue weighted by molar-refractivity contribution is -0.385. The molecule has 0 N–H and O–H groups in total. The summed E-state index contributed by atoms with van der Waals surface area (Å²) in [4.78, 5) is 24.1. The molecule has 1 aromatic rings. The van der Waals surface area contributed by atoms with Crippen LogP contribution in [0.4, 0.5) is 5.69 Å². The molecule has 0 radical (unpaired) electrons. The van der Waals surface area contributed by atoms with E-state index in [-0.39, 0.29) is 17.2 Å². The molecule has 1 aliphatic heterocycles. The molecule has 0 saturated carbocycles. The van der Waals surface area contributed by atoms with Crippen LogP contribution in [-0.4, -0.2) is 41.8 Å². The van der Waals surface area contributed by atoms with Crippen molar-refractivity contribution < 1.29 is 14.5 Å². The third kappa shape index (κ3) is 4.26. The second-order valence-corrected chi connectivity index (χ2v) is 5.25. The topological polar surface area (TPSA) is 72.7 Å². The summed E-state index contributed by atoms with van der Waals surface area (Å²) in [7, 11) is 0. The van der Waals surface area contributed by atoms with E-state index in [2.05, 4.69) is 4.90 Å². The fraction of sp³-hybridized carbons (Fsp3) is 0.533. The van der Waals surface area contributed by atoms with Crippen molar-refractivity contribution in [3.05, 3.63) is 33.9 Å². The van der Waals surface area contributed by atoms with Gasteiger partial charge in [-0.1, -0.05) is 6.42 Å². The third-order valence-electron chi connectivity index (χ3n) is 3.68. The number of piperidine rings is 1. The van der Waals surface area contributed by atoms with Gasteiger partial charge in [0, 0.05) is 18.2 Å². The SMILES string of the molecule is CC(=O)c1ccc(OCCN2CCCCC2)c([N+](=O)[O-])c1. The molecule has 1 saturated heterocycles. The predicted octanol–water partition coefficient (Wildman–Crippen LogP) is 2.66. The van der Waals surface area contributed by atoms with Crippen molar-refractivity contribution in [1.29, 1.82) is 0 Å². The lowest BCUT2D eigenvalue weighted by Crippen LogP contribution is -2.33.